The average molecular weight is 169 g/mol. The van der Waals surface area contributed by atoms with E-state index in [9.17, 15) is 0 Å². The van der Waals surface area contributed by atoms with Crippen molar-refractivity contribution in [2.45, 2.75) is 25.3 Å². The Morgan fingerprint density at radius 2 is 2.36 bits per heavy atom. The third kappa shape index (κ3) is 1.12. The van der Waals surface area contributed by atoms with Crippen LogP contribution in [0.2, 0.25) is 0 Å². The Bertz CT molecular complexity index is 269. The van der Waals surface area contributed by atoms with Crippen molar-refractivity contribution in [3.63, 3.8) is 0 Å². The molecule has 1 aliphatic rings. The van der Waals surface area contributed by atoms with Crippen molar-refractivity contribution in [3.8, 4) is 0 Å². The molecule has 0 spiro atoms. The molecule has 0 saturated heterocycles. The second-order valence-electron chi connectivity index (χ2n) is 2.86. The number of rotatable bonds is 0. The van der Waals surface area contributed by atoms with Crippen LogP contribution in [-0.2, 0) is 6.42 Å². The first-order valence-corrected chi connectivity index (χ1v) is 4.59. The maximum atomic E-state index is 5.85. The highest BCUT2D eigenvalue weighted by atomic mass is 32.1. The van der Waals surface area contributed by atoms with Crippen molar-refractivity contribution in [2.75, 3.05) is 5.73 Å². The second kappa shape index (κ2) is 2.46. The summed E-state index contributed by atoms with van der Waals surface area (Å²) in [6, 6.07) is 0.132. The third-order valence-electron chi connectivity index (χ3n) is 2.01. The molecule has 4 N–H and O–H groups in total. The molecule has 60 valence electrons. The topological polar surface area (TPSA) is 64.9 Å². The zero-order chi connectivity index (χ0) is 7.84. The molecule has 11 heavy (non-hydrogen) atoms. The first-order valence-electron chi connectivity index (χ1n) is 3.78. The number of nitrogens with zero attached hydrogens (tertiary/aromatic N) is 1. The van der Waals surface area contributed by atoms with Gasteiger partial charge in [0.1, 0.15) is 0 Å². The Hall–Kier alpha value is -0.610. The predicted octanol–water partition coefficient (Wildman–Crippen LogP) is 1.06. The van der Waals surface area contributed by atoms with Crippen LogP contribution in [0.25, 0.3) is 0 Å². The lowest BCUT2D eigenvalue weighted by Crippen LogP contribution is -2.16. The Morgan fingerprint density at radius 1 is 1.55 bits per heavy atom. The van der Waals surface area contributed by atoms with E-state index in [0.717, 1.165) is 18.5 Å². The number of aromatic nitrogens is 1. The van der Waals surface area contributed by atoms with Gasteiger partial charge in [0.2, 0.25) is 0 Å². The number of aryl methyl sites for hydroxylation is 1. The fraction of sp³-hybridized carbons (Fsp3) is 0.571. The van der Waals surface area contributed by atoms with Crippen LogP contribution in [0.15, 0.2) is 0 Å². The molecule has 0 saturated carbocycles. The number of hydrogen-bond acceptors (Lipinski definition) is 4. The van der Waals surface area contributed by atoms with Gasteiger partial charge in [-0.2, -0.15) is 0 Å². The van der Waals surface area contributed by atoms with Crippen LogP contribution in [0.1, 0.15) is 29.5 Å². The third-order valence-corrected chi connectivity index (χ3v) is 2.97. The molecule has 1 atom stereocenters. The molecule has 0 aromatic carbocycles. The van der Waals surface area contributed by atoms with E-state index in [2.05, 4.69) is 4.98 Å². The highest BCUT2D eigenvalue weighted by molar-refractivity contribution is 7.15. The van der Waals surface area contributed by atoms with E-state index in [0.29, 0.717) is 5.13 Å². The second-order valence-corrected chi connectivity index (χ2v) is 3.97. The van der Waals surface area contributed by atoms with Gasteiger partial charge < -0.3 is 11.5 Å². The fourth-order valence-corrected chi connectivity index (χ4v) is 2.41. The molecular weight excluding hydrogens is 158 g/mol. The molecule has 0 amide bonds. The zero-order valence-electron chi connectivity index (χ0n) is 6.21. The molecule has 1 unspecified atom stereocenters. The standard InChI is InChI=1S/C7H11N3S/c8-4-2-1-3-5-6(4)10-7(9)11-5/h4H,1-3,8H2,(H2,9,10). The van der Waals surface area contributed by atoms with Crippen LogP contribution >= 0.6 is 11.3 Å². The summed E-state index contributed by atoms with van der Waals surface area (Å²) in [4.78, 5) is 5.50. The molecule has 0 bridgehead atoms. The van der Waals surface area contributed by atoms with Crippen LogP contribution in [0.5, 0.6) is 0 Å². The van der Waals surface area contributed by atoms with Crippen LogP contribution in [0.3, 0.4) is 0 Å². The van der Waals surface area contributed by atoms with Crippen molar-refractivity contribution in [1.82, 2.24) is 4.98 Å². The molecule has 4 heteroatoms. The minimum atomic E-state index is 0.132. The van der Waals surface area contributed by atoms with Crippen molar-refractivity contribution in [3.05, 3.63) is 10.6 Å². The molecule has 0 fully saturated rings. The number of fused-ring (bicyclic) bond motifs is 1. The van der Waals surface area contributed by atoms with Gasteiger partial charge in [-0.1, -0.05) is 0 Å². The van der Waals surface area contributed by atoms with Gasteiger partial charge in [0.25, 0.3) is 0 Å². The highest BCUT2D eigenvalue weighted by Gasteiger charge is 2.20. The fourth-order valence-electron chi connectivity index (χ4n) is 1.47. The summed E-state index contributed by atoms with van der Waals surface area (Å²) in [6.07, 6.45) is 3.34. The summed E-state index contributed by atoms with van der Waals surface area (Å²) in [5.74, 6) is 0. The van der Waals surface area contributed by atoms with Crippen LogP contribution in [0, 0.1) is 0 Å². The van der Waals surface area contributed by atoms with E-state index in [1.165, 1.54) is 11.3 Å². The largest absolute Gasteiger partial charge is 0.375 e. The molecule has 2 rings (SSSR count). The summed E-state index contributed by atoms with van der Waals surface area (Å²) < 4.78 is 0. The van der Waals surface area contributed by atoms with Crippen LogP contribution in [0.4, 0.5) is 5.13 Å². The van der Waals surface area contributed by atoms with E-state index in [1.807, 2.05) is 0 Å². The van der Waals surface area contributed by atoms with Gasteiger partial charge in [0, 0.05) is 10.9 Å². The Morgan fingerprint density at radius 3 is 3.09 bits per heavy atom. The molecule has 1 aromatic heterocycles. The SMILES string of the molecule is Nc1nc2c(s1)CCCC2N. The van der Waals surface area contributed by atoms with E-state index >= 15 is 0 Å². The lowest BCUT2D eigenvalue weighted by Gasteiger charge is -2.15. The highest BCUT2D eigenvalue weighted by Crippen LogP contribution is 2.32. The van der Waals surface area contributed by atoms with E-state index < -0.39 is 0 Å². The molecule has 1 aliphatic carbocycles. The van der Waals surface area contributed by atoms with Crippen molar-refractivity contribution in [1.29, 1.82) is 0 Å². The van der Waals surface area contributed by atoms with Gasteiger partial charge in [-0.15, -0.1) is 11.3 Å². The molecule has 1 heterocycles. The first-order chi connectivity index (χ1) is 5.27. The predicted molar refractivity (Wildman–Crippen MR) is 46.4 cm³/mol. The number of thiazole rings is 1. The van der Waals surface area contributed by atoms with Crippen molar-refractivity contribution in [2.24, 2.45) is 5.73 Å². The Kier molecular flexibility index (Phi) is 1.58. The van der Waals surface area contributed by atoms with Crippen LogP contribution in [-0.4, -0.2) is 4.98 Å². The van der Waals surface area contributed by atoms with E-state index in [4.69, 9.17) is 11.5 Å². The summed E-state index contributed by atoms with van der Waals surface area (Å²) in [7, 11) is 0. The molecule has 1 aromatic rings. The van der Waals surface area contributed by atoms with Gasteiger partial charge >= 0.3 is 0 Å². The number of hydrogen-bond donors (Lipinski definition) is 2. The Balaban J connectivity index is 2.43. The van der Waals surface area contributed by atoms with E-state index in [-0.39, 0.29) is 6.04 Å². The monoisotopic (exact) mass is 169 g/mol. The quantitative estimate of drug-likeness (QED) is 0.610. The van der Waals surface area contributed by atoms with Gasteiger partial charge in [0.15, 0.2) is 5.13 Å². The molecular formula is C7H11N3S. The van der Waals surface area contributed by atoms with Crippen molar-refractivity contribution < 1.29 is 0 Å². The van der Waals surface area contributed by atoms with Gasteiger partial charge in [-0.25, -0.2) is 4.98 Å². The maximum Gasteiger partial charge on any atom is 0.180 e. The summed E-state index contributed by atoms with van der Waals surface area (Å²) >= 11 is 1.58. The normalized spacial score (nSPS) is 23.2. The Labute approximate surface area is 69.4 Å². The minimum absolute atomic E-state index is 0.132. The molecule has 3 nitrogen and oxygen atoms in total. The lowest BCUT2D eigenvalue weighted by molar-refractivity contribution is 0.564. The van der Waals surface area contributed by atoms with Gasteiger partial charge in [-0.05, 0) is 19.3 Å². The zero-order valence-corrected chi connectivity index (χ0v) is 7.03. The molecule has 0 aliphatic heterocycles. The number of nitrogens with two attached hydrogens (primary N) is 2. The maximum absolute atomic E-state index is 5.85. The number of nitrogen functional groups attached to an aromatic ring is 1. The van der Waals surface area contributed by atoms with E-state index in [1.54, 1.807) is 11.3 Å². The van der Waals surface area contributed by atoms with Crippen LogP contribution < -0.4 is 11.5 Å². The molecule has 0 radical (unpaired) electrons. The minimum Gasteiger partial charge on any atom is -0.375 e. The lowest BCUT2D eigenvalue weighted by atomic mass is 9.99. The summed E-state index contributed by atoms with van der Waals surface area (Å²) in [5.41, 5.74) is 12.5. The smallest absolute Gasteiger partial charge is 0.180 e. The average Bonchev–Trinajstić information content (AvgIpc) is 2.31. The summed E-state index contributed by atoms with van der Waals surface area (Å²) in [5, 5.41) is 0.660. The first kappa shape index (κ1) is 7.06. The summed E-state index contributed by atoms with van der Waals surface area (Å²) in [6.45, 7) is 0. The van der Waals surface area contributed by atoms with Crippen molar-refractivity contribution >= 4 is 16.5 Å². The van der Waals surface area contributed by atoms with Gasteiger partial charge in [0.05, 0.1) is 5.69 Å². The van der Waals surface area contributed by atoms with Gasteiger partial charge in [-0.3, -0.25) is 0 Å². The number of anilines is 1.